The summed E-state index contributed by atoms with van der Waals surface area (Å²) in [4.78, 5) is 0.849. The molecule has 1 rings (SSSR count). The first-order valence-electron chi connectivity index (χ1n) is 5.49. The van der Waals surface area contributed by atoms with Gasteiger partial charge in [-0.15, -0.1) is 0 Å². The van der Waals surface area contributed by atoms with Crippen molar-refractivity contribution in [3.63, 3.8) is 0 Å². The van der Waals surface area contributed by atoms with Gasteiger partial charge < -0.3 is 10.5 Å². The standard InChI is InChI=1S/C12H20N2O2S/c1-9-7-11(16-4)8-10(2)12(9)17(15)14(3)6-5-13/h7-8H,5-6,13H2,1-4H3. The molecule has 0 saturated carbocycles. The van der Waals surface area contributed by atoms with Crippen LogP contribution in [0.25, 0.3) is 0 Å². The Hall–Kier alpha value is -0.910. The number of ether oxygens (including phenoxy) is 1. The minimum absolute atomic E-state index is 0.497. The zero-order chi connectivity index (χ0) is 13.0. The van der Waals surface area contributed by atoms with Crippen molar-refractivity contribution < 1.29 is 8.95 Å². The van der Waals surface area contributed by atoms with Crippen molar-refractivity contribution in [2.45, 2.75) is 18.7 Å². The Labute approximate surface area is 105 Å². The third kappa shape index (κ3) is 3.28. The average Bonchev–Trinajstić information content (AvgIpc) is 2.28. The zero-order valence-corrected chi connectivity index (χ0v) is 11.6. The number of nitrogens with two attached hydrogens (primary N) is 1. The largest absolute Gasteiger partial charge is 0.497 e. The molecule has 1 aromatic carbocycles. The molecule has 5 heteroatoms. The second-order valence-corrected chi connectivity index (χ2v) is 5.51. The number of nitrogens with zero attached hydrogens (tertiary/aromatic N) is 1. The molecule has 0 amide bonds. The summed E-state index contributed by atoms with van der Waals surface area (Å²) in [6.07, 6.45) is 0. The lowest BCUT2D eigenvalue weighted by molar-refractivity contribution is 0.413. The van der Waals surface area contributed by atoms with Crippen molar-refractivity contribution in [3.8, 4) is 5.75 Å². The van der Waals surface area contributed by atoms with Crippen LogP contribution in [0.15, 0.2) is 17.0 Å². The minimum atomic E-state index is -1.16. The van der Waals surface area contributed by atoms with Crippen LogP contribution in [0.5, 0.6) is 5.75 Å². The monoisotopic (exact) mass is 256 g/mol. The molecule has 0 fully saturated rings. The van der Waals surface area contributed by atoms with E-state index in [4.69, 9.17) is 10.5 Å². The summed E-state index contributed by atoms with van der Waals surface area (Å²) in [5.41, 5.74) is 7.42. The van der Waals surface area contributed by atoms with Gasteiger partial charge in [0.1, 0.15) is 16.7 Å². The van der Waals surface area contributed by atoms with E-state index in [2.05, 4.69) is 0 Å². The fourth-order valence-electron chi connectivity index (χ4n) is 1.72. The van der Waals surface area contributed by atoms with Gasteiger partial charge in [0.05, 0.1) is 12.0 Å². The number of aryl methyl sites for hydroxylation is 2. The van der Waals surface area contributed by atoms with Gasteiger partial charge in [-0.05, 0) is 37.1 Å². The second kappa shape index (κ2) is 6.14. The maximum Gasteiger partial charge on any atom is 0.127 e. The fourth-order valence-corrected chi connectivity index (χ4v) is 2.98. The average molecular weight is 256 g/mol. The first-order chi connectivity index (χ1) is 8.01. The third-order valence-electron chi connectivity index (χ3n) is 2.57. The highest BCUT2D eigenvalue weighted by atomic mass is 32.2. The Bertz CT molecular complexity index is 398. The molecule has 1 unspecified atom stereocenters. The van der Waals surface area contributed by atoms with Crippen molar-refractivity contribution in [1.29, 1.82) is 0 Å². The van der Waals surface area contributed by atoms with Gasteiger partial charge >= 0.3 is 0 Å². The van der Waals surface area contributed by atoms with Crippen LogP contribution in [0.1, 0.15) is 11.1 Å². The molecule has 0 heterocycles. The van der Waals surface area contributed by atoms with Crippen LogP contribution >= 0.6 is 0 Å². The minimum Gasteiger partial charge on any atom is -0.497 e. The number of rotatable bonds is 5. The van der Waals surface area contributed by atoms with E-state index in [0.717, 1.165) is 21.8 Å². The highest BCUT2D eigenvalue weighted by Gasteiger charge is 2.16. The molecule has 0 saturated heterocycles. The maximum absolute atomic E-state index is 12.3. The molecule has 0 aliphatic heterocycles. The number of hydrogen-bond donors (Lipinski definition) is 1. The summed E-state index contributed by atoms with van der Waals surface area (Å²) in [6.45, 7) is 4.99. The molecule has 17 heavy (non-hydrogen) atoms. The molecular formula is C12H20N2O2S. The highest BCUT2D eigenvalue weighted by molar-refractivity contribution is 7.82. The molecule has 2 N–H and O–H groups in total. The van der Waals surface area contributed by atoms with Crippen LogP contribution in [0, 0.1) is 13.8 Å². The van der Waals surface area contributed by atoms with E-state index >= 15 is 0 Å². The normalized spacial score (nSPS) is 12.8. The maximum atomic E-state index is 12.3. The van der Waals surface area contributed by atoms with Crippen molar-refractivity contribution in [1.82, 2.24) is 4.31 Å². The van der Waals surface area contributed by atoms with Crippen LogP contribution in [0.2, 0.25) is 0 Å². The Morgan fingerprint density at radius 3 is 2.29 bits per heavy atom. The molecule has 0 aliphatic carbocycles. The highest BCUT2D eigenvalue weighted by Crippen LogP contribution is 2.25. The van der Waals surface area contributed by atoms with Crippen LogP contribution in [-0.2, 0) is 11.0 Å². The SMILES string of the molecule is COc1cc(C)c(S(=O)N(C)CCN)c(C)c1. The molecular weight excluding hydrogens is 236 g/mol. The number of hydrogen-bond acceptors (Lipinski definition) is 3. The summed E-state index contributed by atoms with van der Waals surface area (Å²) in [5.74, 6) is 0.794. The number of benzene rings is 1. The molecule has 4 nitrogen and oxygen atoms in total. The Kier molecular flexibility index (Phi) is 5.11. The molecule has 0 aromatic heterocycles. The van der Waals surface area contributed by atoms with Gasteiger partial charge in [0, 0.05) is 20.1 Å². The van der Waals surface area contributed by atoms with Gasteiger partial charge in [-0.3, -0.25) is 0 Å². The molecule has 0 aliphatic rings. The fraction of sp³-hybridized carbons (Fsp3) is 0.500. The van der Waals surface area contributed by atoms with Crippen molar-refractivity contribution >= 4 is 11.0 Å². The first-order valence-corrected chi connectivity index (χ1v) is 6.60. The van der Waals surface area contributed by atoms with E-state index in [1.165, 1.54) is 0 Å². The summed E-state index contributed by atoms with van der Waals surface area (Å²) >= 11 is 0. The van der Waals surface area contributed by atoms with Gasteiger partial charge in [0.15, 0.2) is 0 Å². The Balaban J connectivity index is 3.10. The molecule has 0 bridgehead atoms. The second-order valence-electron chi connectivity index (χ2n) is 3.98. The molecule has 96 valence electrons. The Morgan fingerprint density at radius 2 is 1.88 bits per heavy atom. The zero-order valence-electron chi connectivity index (χ0n) is 10.8. The topological polar surface area (TPSA) is 55.6 Å². The lowest BCUT2D eigenvalue weighted by atomic mass is 10.1. The molecule has 0 radical (unpaired) electrons. The van der Waals surface area contributed by atoms with Gasteiger partial charge in [-0.25, -0.2) is 8.51 Å². The molecule has 1 aromatic rings. The smallest absolute Gasteiger partial charge is 0.127 e. The predicted molar refractivity (Wildman–Crippen MR) is 70.6 cm³/mol. The van der Waals surface area contributed by atoms with E-state index in [9.17, 15) is 4.21 Å². The summed E-state index contributed by atoms with van der Waals surface area (Å²) in [6, 6.07) is 3.80. The third-order valence-corrected chi connectivity index (χ3v) is 4.31. The van der Waals surface area contributed by atoms with Gasteiger partial charge in [0.2, 0.25) is 0 Å². The van der Waals surface area contributed by atoms with Gasteiger partial charge in [-0.1, -0.05) is 0 Å². The van der Waals surface area contributed by atoms with Gasteiger partial charge in [0.25, 0.3) is 0 Å². The first kappa shape index (κ1) is 14.2. The van der Waals surface area contributed by atoms with Crippen molar-refractivity contribution in [3.05, 3.63) is 23.3 Å². The summed E-state index contributed by atoms with van der Waals surface area (Å²) in [7, 11) is 2.28. The summed E-state index contributed by atoms with van der Waals surface area (Å²) < 4.78 is 19.3. The van der Waals surface area contributed by atoms with Crippen LogP contribution in [0.4, 0.5) is 0 Å². The van der Waals surface area contributed by atoms with Crippen LogP contribution in [-0.4, -0.2) is 35.8 Å². The van der Waals surface area contributed by atoms with Crippen LogP contribution < -0.4 is 10.5 Å². The van der Waals surface area contributed by atoms with Crippen molar-refractivity contribution in [2.24, 2.45) is 5.73 Å². The van der Waals surface area contributed by atoms with Crippen molar-refractivity contribution in [2.75, 3.05) is 27.2 Å². The molecule has 1 atom stereocenters. The number of methoxy groups -OCH3 is 1. The number of likely N-dealkylation sites (N-methyl/N-ethyl adjacent to an activating group) is 1. The lowest BCUT2D eigenvalue weighted by Crippen LogP contribution is -2.28. The van der Waals surface area contributed by atoms with E-state index in [1.54, 1.807) is 11.4 Å². The Morgan fingerprint density at radius 1 is 1.35 bits per heavy atom. The van der Waals surface area contributed by atoms with E-state index in [-0.39, 0.29) is 0 Å². The van der Waals surface area contributed by atoms with Crippen LogP contribution in [0.3, 0.4) is 0 Å². The van der Waals surface area contributed by atoms with E-state index in [1.807, 2.05) is 33.0 Å². The van der Waals surface area contributed by atoms with E-state index < -0.39 is 11.0 Å². The van der Waals surface area contributed by atoms with E-state index in [0.29, 0.717) is 13.1 Å². The van der Waals surface area contributed by atoms with Gasteiger partial charge in [-0.2, -0.15) is 0 Å². The summed E-state index contributed by atoms with van der Waals surface area (Å²) in [5, 5.41) is 0. The lowest BCUT2D eigenvalue weighted by Gasteiger charge is -2.18. The molecule has 0 spiro atoms. The predicted octanol–water partition coefficient (Wildman–Crippen LogP) is 1.23. The quantitative estimate of drug-likeness (QED) is 0.862.